The van der Waals surface area contributed by atoms with E-state index in [0.717, 1.165) is 0 Å². The number of aliphatic hydroxyl groups excluding tert-OH is 1. The number of carbonyl (C=O) groups excluding carboxylic acids is 1. The van der Waals surface area contributed by atoms with Gasteiger partial charge in [0.2, 0.25) is 0 Å². The molecule has 1 aliphatic rings. The first-order valence-corrected chi connectivity index (χ1v) is 7.47. The molecule has 0 saturated carbocycles. The van der Waals surface area contributed by atoms with E-state index in [-0.39, 0.29) is 6.61 Å². The number of rotatable bonds is 3. The van der Waals surface area contributed by atoms with Gasteiger partial charge in [-0.05, 0) is 40.5 Å². The van der Waals surface area contributed by atoms with Gasteiger partial charge >= 0.3 is 6.09 Å². The molecule has 1 N–H and O–H groups in total. The molecule has 0 spiro atoms. The van der Waals surface area contributed by atoms with E-state index in [1.807, 2.05) is 40.7 Å². The van der Waals surface area contributed by atoms with Gasteiger partial charge in [0.25, 0.3) is 0 Å². The number of hydrogen-bond acceptors (Lipinski definition) is 4. The van der Waals surface area contributed by atoms with E-state index in [1.54, 1.807) is 19.9 Å². The summed E-state index contributed by atoms with van der Waals surface area (Å²) in [4.78, 5) is 13.9. The predicted octanol–water partition coefficient (Wildman–Crippen LogP) is 2.93. The molecule has 0 aromatic rings. The van der Waals surface area contributed by atoms with Crippen LogP contribution in [-0.4, -0.2) is 46.2 Å². The number of hydrogen-bond donors (Lipinski definition) is 1. The first-order valence-electron chi connectivity index (χ1n) is 7.47. The Labute approximate surface area is 127 Å². The zero-order valence-corrected chi connectivity index (χ0v) is 14.2. The highest BCUT2D eigenvalue weighted by Crippen LogP contribution is 2.31. The van der Waals surface area contributed by atoms with Crippen LogP contribution in [0.15, 0.2) is 12.2 Å². The molecule has 0 aromatic heterocycles. The standard InChI is InChI=1S/C16H29NO4/c1-11(2)8-9-13(18)12-10-20-16(6,7)17(12)14(19)21-15(3,4)5/h8-9,11-13,18H,10H2,1-7H3/b9-8+/t12?,13-/m1/s1. The zero-order chi connectivity index (χ0) is 16.4. The lowest BCUT2D eigenvalue weighted by atomic mass is 10.1. The Balaban J connectivity index is 2.91. The molecule has 5 heteroatoms. The van der Waals surface area contributed by atoms with Crippen LogP contribution in [0, 0.1) is 5.92 Å². The van der Waals surface area contributed by atoms with E-state index in [2.05, 4.69) is 0 Å². The molecule has 1 fully saturated rings. The first-order chi connectivity index (χ1) is 9.44. The van der Waals surface area contributed by atoms with Crippen LogP contribution in [0.25, 0.3) is 0 Å². The second kappa shape index (κ2) is 6.36. The van der Waals surface area contributed by atoms with Gasteiger partial charge in [0.05, 0.1) is 18.8 Å². The van der Waals surface area contributed by atoms with Crippen molar-refractivity contribution >= 4 is 6.09 Å². The quantitative estimate of drug-likeness (QED) is 0.814. The van der Waals surface area contributed by atoms with Crippen LogP contribution >= 0.6 is 0 Å². The topological polar surface area (TPSA) is 59.0 Å². The molecule has 2 atom stereocenters. The van der Waals surface area contributed by atoms with Gasteiger partial charge in [-0.2, -0.15) is 0 Å². The summed E-state index contributed by atoms with van der Waals surface area (Å²) >= 11 is 0. The minimum absolute atomic E-state index is 0.288. The fourth-order valence-electron chi connectivity index (χ4n) is 2.21. The lowest BCUT2D eigenvalue weighted by molar-refractivity contribution is -0.0661. The summed E-state index contributed by atoms with van der Waals surface area (Å²) in [5.41, 5.74) is -1.38. The lowest BCUT2D eigenvalue weighted by Crippen LogP contribution is -2.53. The average molecular weight is 299 g/mol. The van der Waals surface area contributed by atoms with Crippen molar-refractivity contribution in [1.82, 2.24) is 4.90 Å². The number of carbonyl (C=O) groups is 1. The molecular formula is C16H29NO4. The van der Waals surface area contributed by atoms with Crippen molar-refractivity contribution in [3.63, 3.8) is 0 Å². The largest absolute Gasteiger partial charge is 0.444 e. The van der Waals surface area contributed by atoms with Crippen molar-refractivity contribution in [2.45, 2.75) is 71.9 Å². The van der Waals surface area contributed by atoms with Crippen molar-refractivity contribution < 1.29 is 19.4 Å². The minimum atomic E-state index is -0.792. The van der Waals surface area contributed by atoms with Gasteiger partial charge < -0.3 is 14.6 Å². The molecule has 1 aliphatic heterocycles. The van der Waals surface area contributed by atoms with Gasteiger partial charge in [-0.3, -0.25) is 4.90 Å². The molecule has 1 rings (SSSR count). The molecule has 0 aromatic carbocycles. The maximum absolute atomic E-state index is 12.4. The summed E-state index contributed by atoms with van der Waals surface area (Å²) in [6.07, 6.45) is 2.40. The first kappa shape index (κ1) is 18.0. The molecule has 1 amide bonds. The van der Waals surface area contributed by atoms with E-state index >= 15 is 0 Å². The smallest absolute Gasteiger partial charge is 0.413 e. The maximum Gasteiger partial charge on any atom is 0.413 e. The van der Waals surface area contributed by atoms with Gasteiger partial charge in [-0.15, -0.1) is 0 Å². The summed E-state index contributed by atoms with van der Waals surface area (Å²) < 4.78 is 11.1. The molecule has 0 aliphatic carbocycles. The Morgan fingerprint density at radius 1 is 1.38 bits per heavy atom. The van der Waals surface area contributed by atoms with Crippen molar-refractivity contribution in [2.75, 3.05) is 6.61 Å². The molecule has 21 heavy (non-hydrogen) atoms. The van der Waals surface area contributed by atoms with Gasteiger partial charge in [0, 0.05) is 0 Å². The highest BCUT2D eigenvalue weighted by atomic mass is 16.6. The van der Waals surface area contributed by atoms with Crippen molar-refractivity contribution in [3.05, 3.63) is 12.2 Å². The van der Waals surface area contributed by atoms with Crippen LogP contribution in [0.3, 0.4) is 0 Å². The Bertz CT molecular complexity index is 396. The Hall–Kier alpha value is -1.07. The second-order valence-electron chi connectivity index (χ2n) is 7.29. The molecule has 1 unspecified atom stereocenters. The SMILES string of the molecule is CC(C)/C=C/[C@@H](O)C1COC(C)(C)N1C(=O)OC(C)(C)C. The van der Waals surface area contributed by atoms with Gasteiger partial charge in [0.15, 0.2) is 0 Å². The maximum atomic E-state index is 12.4. The fraction of sp³-hybridized carbons (Fsp3) is 0.812. The van der Waals surface area contributed by atoms with Crippen LogP contribution in [0.5, 0.6) is 0 Å². The van der Waals surface area contributed by atoms with Crippen LogP contribution in [-0.2, 0) is 9.47 Å². The third-order valence-electron chi connectivity index (χ3n) is 3.20. The number of ether oxygens (including phenoxy) is 2. The Kier molecular flexibility index (Phi) is 5.45. The summed E-state index contributed by atoms with van der Waals surface area (Å²) in [7, 11) is 0. The van der Waals surface area contributed by atoms with E-state index in [9.17, 15) is 9.90 Å². The normalized spacial score (nSPS) is 23.9. The summed E-state index contributed by atoms with van der Waals surface area (Å²) in [5, 5.41) is 10.3. The molecular weight excluding hydrogens is 270 g/mol. The third kappa shape index (κ3) is 5.00. The van der Waals surface area contributed by atoms with Gasteiger partial charge in [0.1, 0.15) is 11.3 Å². The molecule has 122 valence electrons. The van der Waals surface area contributed by atoms with Crippen LogP contribution < -0.4 is 0 Å². The van der Waals surface area contributed by atoms with Gasteiger partial charge in [-0.25, -0.2) is 4.79 Å². The van der Waals surface area contributed by atoms with Crippen LogP contribution in [0.4, 0.5) is 4.79 Å². The van der Waals surface area contributed by atoms with Crippen molar-refractivity contribution in [3.8, 4) is 0 Å². The number of amides is 1. The van der Waals surface area contributed by atoms with E-state index < -0.39 is 29.6 Å². The summed E-state index contributed by atoms with van der Waals surface area (Å²) in [6, 6.07) is -0.440. The van der Waals surface area contributed by atoms with Crippen LogP contribution in [0.2, 0.25) is 0 Å². The molecule has 0 bridgehead atoms. The molecule has 1 saturated heterocycles. The highest BCUT2D eigenvalue weighted by Gasteiger charge is 2.47. The third-order valence-corrected chi connectivity index (χ3v) is 3.20. The van der Waals surface area contributed by atoms with E-state index in [1.165, 1.54) is 4.90 Å². The predicted molar refractivity (Wildman–Crippen MR) is 81.9 cm³/mol. The summed E-state index contributed by atoms with van der Waals surface area (Å²) in [6.45, 7) is 13.4. The minimum Gasteiger partial charge on any atom is -0.444 e. The van der Waals surface area contributed by atoms with Crippen molar-refractivity contribution in [1.29, 1.82) is 0 Å². The lowest BCUT2D eigenvalue weighted by Gasteiger charge is -2.36. The monoisotopic (exact) mass is 299 g/mol. The second-order valence-corrected chi connectivity index (χ2v) is 7.29. The van der Waals surface area contributed by atoms with E-state index in [0.29, 0.717) is 5.92 Å². The van der Waals surface area contributed by atoms with Crippen molar-refractivity contribution in [2.24, 2.45) is 5.92 Å². The van der Waals surface area contributed by atoms with E-state index in [4.69, 9.17) is 9.47 Å². The average Bonchev–Trinajstić information content (AvgIpc) is 2.59. The van der Waals surface area contributed by atoms with Crippen LogP contribution in [0.1, 0.15) is 48.5 Å². The zero-order valence-electron chi connectivity index (χ0n) is 14.2. The number of nitrogens with zero attached hydrogens (tertiary/aromatic N) is 1. The number of allylic oxidation sites excluding steroid dienone is 1. The molecule has 0 radical (unpaired) electrons. The fourth-order valence-corrected chi connectivity index (χ4v) is 2.21. The summed E-state index contributed by atoms with van der Waals surface area (Å²) in [5.74, 6) is 0.338. The Morgan fingerprint density at radius 2 is 1.95 bits per heavy atom. The highest BCUT2D eigenvalue weighted by molar-refractivity contribution is 5.70. The molecule has 1 heterocycles. The van der Waals surface area contributed by atoms with Gasteiger partial charge in [-0.1, -0.05) is 26.0 Å². The molecule has 5 nitrogen and oxygen atoms in total. The Morgan fingerprint density at radius 3 is 2.43 bits per heavy atom. The number of aliphatic hydroxyl groups is 1.